The molecule has 1 fully saturated rings. The van der Waals surface area contributed by atoms with E-state index in [4.69, 9.17) is 0 Å². The van der Waals surface area contributed by atoms with Gasteiger partial charge < -0.3 is 10.6 Å². The van der Waals surface area contributed by atoms with E-state index in [0.717, 1.165) is 37.6 Å². The largest absolute Gasteiger partial charge is 0.326 e. The number of hydrogen-bond donors (Lipinski definition) is 2. The second-order valence-corrected chi connectivity index (χ2v) is 7.27. The highest BCUT2D eigenvalue weighted by molar-refractivity contribution is 7.07. The number of carbonyl (C=O) groups is 1. The van der Waals surface area contributed by atoms with Gasteiger partial charge in [0.2, 0.25) is 5.91 Å². The molecule has 2 N–H and O–H groups in total. The zero-order valence-corrected chi connectivity index (χ0v) is 15.0. The molecule has 1 atom stereocenters. The number of benzene rings is 1. The molecule has 1 aromatic heterocycles. The normalized spacial score (nSPS) is 16.0. The minimum absolute atomic E-state index is 0.0437. The number of thiazole rings is 1. The fraction of sp³-hybridized carbons (Fsp3) is 0.444. The zero-order valence-electron chi connectivity index (χ0n) is 14.2. The monoisotopic (exact) mass is 344 g/mol. The molecule has 0 saturated carbocycles. The summed E-state index contributed by atoms with van der Waals surface area (Å²) in [5.41, 5.74) is 5.01. The number of hydrogen-bond acceptors (Lipinski definition) is 5. The van der Waals surface area contributed by atoms with Crippen molar-refractivity contribution in [3.8, 4) is 0 Å². The van der Waals surface area contributed by atoms with Gasteiger partial charge in [-0.2, -0.15) is 0 Å². The second kappa shape index (κ2) is 7.88. The van der Waals surface area contributed by atoms with Gasteiger partial charge in [0, 0.05) is 30.1 Å². The first kappa shape index (κ1) is 17.1. The molecule has 1 aromatic carbocycles. The molecule has 3 rings (SSSR count). The van der Waals surface area contributed by atoms with Crippen LogP contribution in [0.1, 0.15) is 18.2 Å². The van der Waals surface area contributed by atoms with Crippen molar-refractivity contribution in [3.05, 3.63) is 46.4 Å². The van der Waals surface area contributed by atoms with Crippen LogP contribution in [0.4, 0.5) is 5.69 Å². The van der Waals surface area contributed by atoms with E-state index in [9.17, 15) is 4.79 Å². The van der Waals surface area contributed by atoms with E-state index >= 15 is 0 Å². The van der Waals surface area contributed by atoms with Gasteiger partial charge in [0.05, 0.1) is 11.2 Å². The van der Waals surface area contributed by atoms with Gasteiger partial charge >= 0.3 is 0 Å². The smallest absolute Gasteiger partial charge is 0.227 e. The first-order valence-corrected chi connectivity index (χ1v) is 9.22. The molecule has 1 amide bonds. The lowest BCUT2D eigenvalue weighted by molar-refractivity contribution is -0.121. The molecular weight excluding hydrogens is 320 g/mol. The van der Waals surface area contributed by atoms with Gasteiger partial charge in [-0.05, 0) is 43.8 Å². The molecule has 1 unspecified atom stereocenters. The topological polar surface area (TPSA) is 57.3 Å². The number of amides is 1. The summed E-state index contributed by atoms with van der Waals surface area (Å²) >= 11 is 1.62. The van der Waals surface area contributed by atoms with Gasteiger partial charge in [0.15, 0.2) is 0 Å². The van der Waals surface area contributed by atoms with Crippen LogP contribution < -0.4 is 10.6 Å². The number of rotatable bonds is 7. The summed E-state index contributed by atoms with van der Waals surface area (Å²) in [5, 5.41) is 8.35. The molecule has 1 aliphatic rings. The van der Waals surface area contributed by atoms with Crippen LogP contribution in [0.5, 0.6) is 0 Å². The Morgan fingerprint density at radius 2 is 2.29 bits per heavy atom. The summed E-state index contributed by atoms with van der Waals surface area (Å²) in [6, 6.07) is 8.10. The molecule has 1 saturated heterocycles. The molecule has 0 spiro atoms. The molecule has 5 nitrogen and oxygen atoms in total. The number of nitrogens with zero attached hydrogens (tertiary/aromatic N) is 2. The third kappa shape index (κ3) is 4.41. The maximum absolute atomic E-state index is 12.3. The fourth-order valence-corrected chi connectivity index (χ4v) is 3.39. The summed E-state index contributed by atoms with van der Waals surface area (Å²) in [5.74, 6) is 0.606. The van der Waals surface area contributed by atoms with Crippen molar-refractivity contribution in [1.29, 1.82) is 0 Å². The van der Waals surface area contributed by atoms with Crippen LogP contribution in [0.3, 0.4) is 0 Å². The Kier molecular flexibility index (Phi) is 5.60. The Labute approximate surface area is 147 Å². The Morgan fingerprint density at radius 1 is 1.46 bits per heavy atom. The van der Waals surface area contributed by atoms with Crippen LogP contribution in [0.15, 0.2) is 35.2 Å². The summed E-state index contributed by atoms with van der Waals surface area (Å²) in [4.78, 5) is 18.9. The summed E-state index contributed by atoms with van der Waals surface area (Å²) in [6.07, 6.45) is 0. The van der Waals surface area contributed by atoms with E-state index < -0.39 is 0 Å². The number of anilines is 1. The third-order valence-electron chi connectivity index (χ3n) is 4.50. The Bertz CT molecular complexity index is 669. The number of carbonyl (C=O) groups excluding carboxylic acids is 1. The van der Waals surface area contributed by atoms with E-state index in [0.29, 0.717) is 5.92 Å². The highest BCUT2D eigenvalue weighted by Crippen LogP contribution is 2.19. The van der Waals surface area contributed by atoms with Crippen molar-refractivity contribution in [3.63, 3.8) is 0 Å². The van der Waals surface area contributed by atoms with E-state index in [2.05, 4.69) is 45.1 Å². The van der Waals surface area contributed by atoms with Crippen molar-refractivity contribution in [1.82, 2.24) is 15.2 Å². The van der Waals surface area contributed by atoms with Crippen molar-refractivity contribution < 1.29 is 4.79 Å². The van der Waals surface area contributed by atoms with Crippen LogP contribution >= 0.6 is 11.3 Å². The summed E-state index contributed by atoms with van der Waals surface area (Å²) in [7, 11) is 2.08. The molecule has 0 aliphatic carbocycles. The quantitative estimate of drug-likeness (QED) is 0.810. The van der Waals surface area contributed by atoms with Crippen molar-refractivity contribution in [2.45, 2.75) is 20.0 Å². The lowest BCUT2D eigenvalue weighted by atomic mass is 9.88. The fourth-order valence-electron chi connectivity index (χ4n) is 2.84. The van der Waals surface area contributed by atoms with Gasteiger partial charge in [-0.15, -0.1) is 11.3 Å². The van der Waals surface area contributed by atoms with Gasteiger partial charge in [-0.25, -0.2) is 4.98 Å². The first-order valence-electron chi connectivity index (χ1n) is 8.28. The molecule has 24 heavy (non-hydrogen) atoms. The van der Waals surface area contributed by atoms with Crippen LogP contribution in [0, 0.1) is 11.8 Å². The lowest BCUT2D eigenvalue weighted by Crippen LogP contribution is -2.48. The first-order chi connectivity index (χ1) is 11.6. The molecular formula is C18H24N4OS. The standard InChI is InChI=1S/C18H24N4OS/c1-13(15-7-19-8-15)18(23)21-16-5-3-4-14(6-16)9-22(2)10-17-11-24-12-20-17/h3-6,11-13,15,19H,7-10H2,1-2H3,(H,21,23). The Balaban J connectivity index is 1.56. The minimum Gasteiger partial charge on any atom is -0.326 e. The molecule has 1 aliphatic heterocycles. The van der Waals surface area contributed by atoms with Gasteiger partial charge in [0.1, 0.15) is 0 Å². The van der Waals surface area contributed by atoms with Crippen LogP contribution in [0.2, 0.25) is 0 Å². The summed E-state index contributed by atoms with van der Waals surface area (Å²) < 4.78 is 0. The van der Waals surface area contributed by atoms with Gasteiger partial charge in [-0.1, -0.05) is 19.1 Å². The lowest BCUT2D eigenvalue weighted by Gasteiger charge is -2.31. The maximum Gasteiger partial charge on any atom is 0.227 e. The molecule has 0 bridgehead atoms. The van der Waals surface area contributed by atoms with Crippen molar-refractivity contribution in [2.75, 3.05) is 25.5 Å². The van der Waals surface area contributed by atoms with Crippen molar-refractivity contribution in [2.24, 2.45) is 11.8 Å². The highest BCUT2D eigenvalue weighted by Gasteiger charge is 2.28. The SMILES string of the molecule is CC(C(=O)Nc1cccc(CN(C)Cc2cscn2)c1)C1CNC1. The van der Waals surface area contributed by atoms with Gasteiger partial charge in [-0.3, -0.25) is 9.69 Å². The average Bonchev–Trinajstić information content (AvgIpc) is 2.98. The Hall–Kier alpha value is -1.76. The van der Waals surface area contributed by atoms with E-state index in [1.807, 2.05) is 24.6 Å². The molecule has 128 valence electrons. The number of aromatic nitrogens is 1. The summed E-state index contributed by atoms with van der Waals surface area (Å²) in [6.45, 7) is 5.54. The predicted molar refractivity (Wildman–Crippen MR) is 97.9 cm³/mol. The van der Waals surface area contributed by atoms with E-state index in [1.165, 1.54) is 5.56 Å². The maximum atomic E-state index is 12.3. The average molecular weight is 344 g/mol. The van der Waals surface area contributed by atoms with E-state index in [-0.39, 0.29) is 11.8 Å². The second-order valence-electron chi connectivity index (χ2n) is 6.55. The van der Waals surface area contributed by atoms with Crippen LogP contribution in [-0.4, -0.2) is 35.9 Å². The molecule has 2 aromatic rings. The van der Waals surface area contributed by atoms with E-state index in [1.54, 1.807) is 11.3 Å². The number of nitrogens with one attached hydrogen (secondary N) is 2. The van der Waals surface area contributed by atoms with Gasteiger partial charge in [0.25, 0.3) is 0 Å². The molecule has 2 heterocycles. The molecule has 0 radical (unpaired) electrons. The zero-order chi connectivity index (χ0) is 16.9. The minimum atomic E-state index is 0.0437. The van der Waals surface area contributed by atoms with Crippen LogP contribution in [-0.2, 0) is 17.9 Å². The predicted octanol–water partition coefficient (Wildman–Crippen LogP) is 2.57. The Morgan fingerprint density at radius 3 is 2.96 bits per heavy atom. The van der Waals surface area contributed by atoms with Crippen LogP contribution in [0.25, 0.3) is 0 Å². The third-order valence-corrected chi connectivity index (χ3v) is 5.13. The molecule has 6 heteroatoms. The highest BCUT2D eigenvalue weighted by atomic mass is 32.1. The van der Waals surface area contributed by atoms with Crippen molar-refractivity contribution >= 4 is 22.9 Å².